The van der Waals surface area contributed by atoms with Crippen molar-refractivity contribution in [2.75, 3.05) is 11.9 Å². The molecule has 1 aromatic carbocycles. The number of nitrogens with zero attached hydrogens (tertiary/aromatic N) is 1. The van der Waals surface area contributed by atoms with Gasteiger partial charge >= 0.3 is 0 Å². The Bertz CT molecular complexity index is 758. The molecule has 4 rings (SSSR count). The molecule has 4 atom stereocenters. The molecule has 2 bridgehead atoms. The van der Waals surface area contributed by atoms with E-state index >= 15 is 0 Å². The average Bonchev–Trinajstić information content (AvgIpc) is 3.22. The summed E-state index contributed by atoms with van der Waals surface area (Å²) in [5.41, 5.74) is 1.35. The molecule has 0 unspecified atom stereocenters. The molecule has 124 valence electrons. The topological polar surface area (TPSA) is 66.5 Å². The van der Waals surface area contributed by atoms with E-state index in [-0.39, 0.29) is 47.9 Å². The maximum Gasteiger partial charge on any atom is 0.244 e. The lowest BCUT2D eigenvalue weighted by Crippen LogP contribution is -2.39. The molecule has 3 amide bonds. The summed E-state index contributed by atoms with van der Waals surface area (Å²) in [4.78, 5) is 38.6. The predicted molar refractivity (Wildman–Crippen MR) is 89.3 cm³/mol. The van der Waals surface area contributed by atoms with Crippen LogP contribution in [0.3, 0.4) is 0 Å². The van der Waals surface area contributed by atoms with E-state index in [1.807, 2.05) is 12.2 Å². The second kappa shape index (κ2) is 5.45. The van der Waals surface area contributed by atoms with Gasteiger partial charge in [0, 0.05) is 10.7 Å². The summed E-state index contributed by atoms with van der Waals surface area (Å²) in [5.74, 6) is -1.04. The molecular formula is C18H17ClN2O3. The quantitative estimate of drug-likeness (QED) is 0.676. The van der Waals surface area contributed by atoms with Gasteiger partial charge in [-0.05, 0) is 42.9 Å². The van der Waals surface area contributed by atoms with Crippen LogP contribution in [-0.2, 0) is 14.4 Å². The molecule has 6 heteroatoms. The van der Waals surface area contributed by atoms with E-state index in [9.17, 15) is 14.4 Å². The van der Waals surface area contributed by atoms with Crippen LogP contribution in [0.4, 0.5) is 5.69 Å². The Balaban J connectivity index is 1.48. The highest BCUT2D eigenvalue weighted by Crippen LogP contribution is 2.52. The fourth-order valence-corrected chi connectivity index (χ4v) is 4.37. The van der Waals surface area contributed by atoms with Gasteiger partial charge in [-0.25, -0.2) is 0 Å². The Labute approximate surface area is 144 Å². The van der Waals surface area contributed by atoms with Crippen LogP contribution in [0.15, 0.2) is 30.4 Å². The zero-order valence-corrected chi connectivity index (χ0v) is 13.9. The number of rotatable bonds is 3. The fraction of sp³-hybridized carbons (Fsp3) is 0.389. The minimum atomic E-state index is -0.387. The number of likely N-dealkylation sites (tertiary alicyclic amines) is 1. The lowest BCUT2D eigenvalue weighted by Gasteiger charge is -2.17. The highest BCUT2D eigenvalue weighted by Gasteiger charge is 2.59. The number of nitrogens with one attached hydrogen (secondary N) is 1. The molecule has 1 saturated heterocycles. The molecule has 1 saturated carbocycles. The van der Waals surface area contributed by atoms with E-state index in [4.69, 9.17) is 11.6 Å². The predicted octanol–water partition coefficient (Wildman–Crippen LogP) is 2.39. The molecule has 0 radical (unpaired) electrons. The van der Waals surface area contributed by atoms with E-state index < -0.39 is 0 Å². The summed E-state index contributed by atoms with van der Waals surface area (Å²) in [7, 11) is 0. The number of allylic oxidation sites excluding steroid dienone is 2. The zero-order valence-electron chi connectivity index (χ0n) is 13.2. The molecule has 0 aromatic heterocycles. The van der Waals surface area contributed by atoms with Crippen molar-refractivity contribution in [1.29, 1.82) is 0 Å². The Kier molecular flexibility index (Phi) is 3.49. The van der Waals surface area contributed by atoms with Crippen LogP contribution in [0.5, 0.6) is 0 Å². The van der Waals surface area contributed by atoms with Gasteiger partial charge in [0.15, 0.2) is 0 Å². The minimum absolute atomic E-state index is 0.152. The fourth-order valence-electron chi connectivity index (χ4n) is 4.20. The highest BCUT2D eigenvalue weighted by atomic mass is 35.5. The Morgan fingerprint density at radius 3 is 2.46 bits per heavy atom. The van der Waals surface area contributed by atoms with Gasteiger partial charge in [-0.15, -0.1) is 0 Å². The summed E-state index contributed by atoms with van der Waals surface area (Å²) >= 11 is 6.04. The maximum atomic E-state index is 12.6. The number of hydrogen-bond acceptors (Lipinski definition) is 3. The van der Waals surface area contributed by atoms with Crippen LogP contribution in [0.1, 0.15) is 12.0 Å². The van der Waals surface area contributed by atoms with Crippen molar-refractivity contribution in [3.05, 3.63) is 40.9 Å². The number of imide groups is 1. The van der Waals surface area contributed by atoms with Crippen LogP contribution >= 0.6 is 11.6 Å². The van der Waals surface area contributed by atoms with Gasteiger partial charge in [0.05, 0.1) is 11.8 Å². The third kappa shape index (κ3) is 2.18. The first-order chi connectivity index (χ1) is 11.5. The van der Waals surface area contributed by atoms with Gasteiger partial charge in [0.25, 0.3) is 0 Å². The van der Waals surface area contributed by atoms with Gasteiger partial charge in [-0.3, -0.25) is 19.3 Å². The molecule has 1 heterocycles. The summed E-state index contributed by atoms with van der Waals surface area (Å²) in [6, 6.07) is 5.22. The largest absolute Gasteiger partial charge is 0.324 e. The minimum Gasteiger partial charge on any atom is -0.324 e. The van der Waals surface area contributed by atoms with Gasteiger partial charge in [-0.1, -0.05) is 29.8 Å². The van der Waals surface area contributed by atoms with Gasteiger partial charge < -0.3 is 5.32 Å². The first-order valence-corrected chi connectivity index (χ1v) is 8.43. The van der Waals surface area contributed by atoms with Gasteiger partial charge in [0.2, 0.25) is 17.7 Å². The average molecular weight is 345 g/mol. The van der Waals surface area contributed by atoms with Gasteiger partial charge in [-0.2, -0.15) is 0 Å². The molecule has 2 aliphatic carbocycles. The molecule has 1 N–H and O–H groups in total. The first kappa shape index (κ1) is 15.4. The monoisotopic (exact) mass is 344 g/mol. The molecule has 2 fully saturated rings. The molecule has 0 spiro atoms. The van der Waals surface area contributed by atoms with Crippen molar-refractivity contribution in [1.82, 2.24) is 4.90 Å². The molecular weight excluding hydrogens is 328 g/mol. The van der Waals surface area contributed by atoms with E-state index in [1.54, 1.807) is 25.1 Å². The van der Waals surface area contributed by atoms with Crippen LogP contribution in [0.2, 0.25) is 5.02 Å². The molecule has 1 aromatic rings. The number of halogens is 1. The van der Waals surface area contributed by atoms with Crippen molar-refractivity contribution < 1.29 is 14.4 Å². The van der Waals surface area contributed by atoms with E-state index in [2.05, 4.69) is 5.32 Å². The number of benzene rings is 1. The summed E-state index contributed by atoms with van der Waals surface area (Å²) < 4.78 is 0. The Morgan fingerprint density at radius 2 is 1.83 bits per heavy atom. The van der Waals surface area contributed by atoms with Crippen LogP contribution in [0.25, 0.3) is 0 Å². The Morgan fingerprint density at radius 1 is 1.21 bits per heavy atom. The van der Waals surface area contributed by atoms with E-state index in [0.717, 1.165) is 16.9 Å². The van der Waals surface area contributed by atoms with Crippen molar-refractivity contribution in [3.8, 4) is 0 Å². The van der Waals surface area contributed by atoms with Crippen LogP contribution in [-0.4, -0.2) is 29.2 Å². The van der Waals surface area contributed by atoms with E-state index in [0.29, 0.717) is 10.7 Å². The SMILES string of the molecule is Cc1c(Cl)cccc1NC(=O)CN1C(=O)[C@@H]2[C@H](C1=O)[C@H]1C=C[C@H]2C1. The van der Waals surface area contributed by atoms with Crippen molar-refractivity contribution >= 4 is 35.0 Å². The van der Waals surface area contributed by atoms with Crippen molar-refractivity contribution in [2.45, 2.75) is 13.3 Å². The number of anilines is 1. The number of hydrogen-bond donors (Lipinski definition) is 1. The van der Waals surface area contributed by atoms with Crippen molar-refractivity contribution in [2.24, 2.45) is 23.7 Å². The lowest BCUT2D eigenvalue weighted by molar-refractivity contribution is -0.143. The second-order valence-electron chi connectivity index (χ2n) is 6.72. The number of carbonyl (C=O) groups excluding carboxylic acids is 3. The van der Waals surface area contributed by atoms with Crippen LogP contribution < -0.4 is 5.32 Å². The Hall–Kier alpha value is -2.14. The third-order valence-electron chi connectivity index (χ3n) is 5.41. The molecule has 24 heavy (non-hydrogen) atoms. The number of fused-ring (bicyclic) bond motifs is 5. The zero-order chi connectivity index (χ0) is 17.0. The summed E-state index contributed by atoms with van der Waals surface area (Å²) in [5, 5.41) is 3.29. The van der Waals surface area contributed by atoms with Crippen molar-refractivity contribution in [3.63, 3.8) is 0 Å². The molecule has 1 aliphatic heterocycles. The number of carbonyl (C=O) groups is 3. The summed E-state index contributed by atoms with van der Waals surface area (Å²) in [6.07, 6.45) is 4.96. The van der Waals surface area contributed by atoms with Crippen LogP contribution in [0, 0.1) is 30.6 Å². The first-order valence-electron chi connectivity index (χ1n) is 8.06. The summed E-state index contributed by atoms with van der Waals surface area (Å²) in [6.45, 7) is 1.56. The highest BCUT2D eigenvalue weighted by molar-refractivity contribution is 6.31. The van der Waals surface area contributed by atoms with E-state index in [1.165, 1.54) is 0 Å². The lowest BCUT2D eigenvalue weighted by atomic mass is 9.85. The smallest absolute Gasteiger partial charge is 0.244 e. The molecule has 3 aliphatic rings. The number of amides is 3. The third-order valence-corrected chi connectivity index (χ3v) is 5.81. The normalized spacial score (nSPS) is 30.2. The standard InChI is InChI=1S/C18H17ClN2O3/c1-9-12(19)3-2-4-13(9)20-14(22)8-21-17(23)15-10-5-6-11(7-10)16(15)18(21)24/h2-6,10-11,15-16H,7-8H2,1H3,(H,20,22)/t10-,11-,15-,16+/m0/s1. The second-order valence-corrected chi connectivity index (χ2v) is 7.13. The molecule has 5 nitrogen and oxygen atoms in total. The maximum absolute atomic E-state index is 12.6. The van der Waals surface area contributed by atoms with Gasteiger partial charge in [0.1, 0.15) is 6.54 Å².